The molecule has 0 heterocycles. The highest BCUT2D eigenvalue weighted by Crippen LogP contribution is 2.23. The number of rotatable bonds is 3. The molecule has 0 fully saturated rings. The third-order valence-electron chi connectivity index (χ3n) is 2.96. The smallest absolute Gasteiger partial charge is 0.121 e. The Labute approximate surface area is 107 Å². The van der Waals surface area contributed by atoms with Crippen molar-refractivity contribution in [2.45, 2.75) is 20.4 Å². The molecule has 0 bridgehead atoms. The van der Waals surface area contributed by atoms with E-state index in [-0.39, 0.29) is 0 Å². The van der Waals surface area contributed by atoms with Gasteiger partial charge in [-0.1, -0.05) is 12.1 Å². The number of nitrogens with one attached hydrogen (secondary N) is 1. The van der Waals surface area contributed by atoms with Crippen LogP contribution in [-0.4, -0.2) is 5.11 Å². The van der Waals surface area contributed by atoms with Crippen molar-refractivity contribution in [2.75, 3.05) is 11.1 Å². The van der Waals surface area contributed by atoms with Crippen LogP contribution < -0.4 is 11.1 Å². The van der Waals surface area contributed by atoms with Crippen LogP contribution in [0.1, 0.15) is 16.7 Å². The monoisotopic (exact) mass is 242 g/mol. The van der Waals surface area contributed by atoms with Gasteiger partial charge in [0.05, 0.1) is 0 Å². The lowest BCUT2D eigenvalue weighted by Gasteiger charge is -2.10. The van der Waals surface area contributed by atoms with Gasteiger partial charge in [-0.2, -0.15) is 0 Å². The highest BCUT2D eigenvalue weighted by molar-refractivity contribution is 5.52. The third kappa shape index (κ3) is 2.74. The van der Waals surface area contributed by atoms with E-state index in [1.165, 1.54) is 0 Å². The second-order valence-corrected chi connectivity index (χ2v) is 4.55. The highest BCUT2D eigenvalue weighted by Gasteiger charge is 2.03. The predicted molar refractivity (Wildman–Crippen MR) is 75.8 cm³/mol. The Kier molecular flexibility index (Phi) is 3.42. The van der Waals surface area contributed by atoms with Crippen LogP contribution in [-0.2, 0) is 6.54 Å². The lowest BCUT2D eigenvalue weighted by atomic mass is 10.1. The van der Waals surface area contributed by atoms with E-state index in [1.54, 1.807) is 0 Å². The van der Waals surface area contributed by atoms with Crippen LogP contribution in [0, 0.1) is 13.8 Å². The molecule has 2 rings (SSSR count). The maximum atomic E-state index is 9.71. The van der Waals surface area contributed by atoms with Crippen molar-refractivity contribution in [3.8, 4) is 5.75 Å². The summed E-state index contributed by atoms with van der Waals surface area (Å²) in [7, 11) is 0. The molecule has 0 saturated heterocycles. The van der Waals surface area contributed by atoms with Crippen LogP contribution in [0.5, 0.6) is 5.75 Å². The van der Waals surface area contributed by atoms with Gasteiger partial charge in [-0.3, -0.25) is 0 Å². The summed E-state index contributed by atoms with van der Waals surface area (Å²) in [6.07, 6.45) is 0. The number of aromatic hydroxyl groups is 1. The molecule has 4 N–H and O–H groups in total. The van der Waals surface area contributed by atoms with E-state index in [2.05, 4.69) is 5.32 Å². The molecular weight excluding hydrogens is 224 g/mol. The van der Waals surface area contributed by atoms with Crippen LogP contribution in [0.4, 0.5) is 11.4 Å². The maximum absolute atomic E-state index is 9.71. The first-order valence-electron chi connectivity index (χ1n) is 5.95. The summed E-state index contributed by atoms with van der Waals surface area (Å²) in [5, 5.41) is 13.0. The van der Waals surface area contributed by atoms with Gasteiger partial charge in [-0.05, 0) is 54.8 Å². The number of hydrogen-bond donors (Lipinski definition) is 3. The number of nitrogen functional groups attached to an aromatic ring is 1. The lowest BCUT2D eigenvalue weighted by molar-refractivity contribution is 0.466. The molecule has 0 saturated carbocycles. The summed E-state index contributed by atoms with van der Waals surface area (Å²) < 4.78 is 0. The van der Waals surface area contributed by atoms with Crippen LogP contribution in [0.3, 0.4) is 0 Å². The van der Waals surface area contributed by atoms with Gasteiger partial charge >= 0.3 is 0 Å². The minimum absolute atomic E-state index is 0.381. The Balaban J connectivity index is 2.08. The molecule has 3 nitrogen and oxygen atoms in total. The second kappa shape index (κ2) is 5.00. The number of phenolic OH excluding ortho intramolecular Hbond substituents is 1. The number of anilines is 2. The van der Waals surface area contributed by atoms with Crippen LogP contribution in [0.25, 0.3) is 0 Å². The second-order valence-electron chi connectivity index (χ2n) is 4.55. The lowest BCUT2D eigenvalue weighted by Crippen LogP contribution is -2.00. The first-order valence-corrected chi connectivity index (χ1v) is 5.95. The summed E-state index contributed by atoms with van der Waals surface area (Å²) in [6.45, 7) is 4.55. The number of phenols is 1. The van der Waals surface area contributed by atoms with E-state index < -0.39 is 0 Å². The minimum atomic E-state index is 0.381. The van der Waals surface area contributed by atoms with Crippen molar-refractivity contribution in [3.05, 3.63) is 53.1 Å². The van der Waals surface area contributed by atoms with Crippen LogP contribution in [0.15, 0.2) is 36.4 Å². The Bertz CT molecular complexity index is 524. The van der Waals surface area contributed by atoms with Crippen molar-refractivity contribution in [3.63, 3.8) is 0 Å². The molecule has 2 aromatic rings. The Morgan fingerprint density at radius 1 is 1.06 bits per heavy atom. The molecule has 94 valence electrons. The fourth-order valence-corrected chi connectivity index (χ4v) is 1.95. The summed E-state index contributed by atoms with van der Waals surface area (Å²) >= 11 is 0. The van der Waals surface area contributed by atoms with Crippen LogP contribution in [0.2, 0.25) is 0 Å². The van der Waals surface area contributed by atoms with E-state index in [1.807, 2.05) is 50.2 Å². The summed E-state index contributed by atoms with van der Waals surface area (Å²) in [5.41, 5.74) is 10.4. The third-order valence-corrected chi connectivity index (χ3v) is 2.96. The van der Waals surface area contributed by atoms with Gasteiger partial charge in [0.1, 0.15) is 5.75 Å². The van der Waals surface area contributed by atoms with Gasteiger partial charge in [0.15, 0.2) is 0 Å². The molecule has 0 radical (unpaired) electrons. The maximum Gasteiger partial charge on any atom is 0.121 e. The van der Waals surface area contributed by atoms with E-state index in [9.17, 15) is 5.11 Å². The van der Waals surface area contributed by atoms with Crippen molar-refractivity contribution < 1.29 is 5.11 Å². The quantitative estimate of drug-likeness (QED) is 0.724. The zero-order valence-electron chi connectivity index (χ0n) is 10.7. The zero-order chi connectivity index (χ0) is 13.1. The Hall–Kier alpha value is -2.16. The standard InChI is InChI=1S/C15H18N2O/c1-10-7-12(8-11(2)15(10)18)9-17-14-5-3-13(16)4-6-14/h3-8,17-18H,9,16H2,1-2H3. The van der Waals surface area contributed by atoms with Crippen molar-refractivity contribution >= 4 is 11.4 Å². The summed E-state index contributed by atoms with van der Waals surface area (Å²) in [6, 6.07) is 11.6. The van der Waals surface area contributed by atoms with Crippen molar-refractivity contribution in [1.82, 2.24) is 0 Å². The molecule has 2 aromatic carbocycles. The molecule has 0 atom stereocenters. The first-order chi connectivity index (χ1) is 8.56. The van der Waals surface area contributed by atoms with Gasteiger partial charge in [0.2, 0.25) is 0 Å². The fraction of sp³-hybridized carbons (Fsp3) is 0.200. The van der Waals surface area contributed by atoms with Crippen molar-refractivity contribution in [2.24, 2.45) is 0 Å². The minimum Gasteiger partial charge on any atom is -0.507 e. The van der Waals surface area contributed by atoms with Gasteiger partial charge < -0.3 is 16.2 Å². The van der Waals surface area contributed by atoms with Gasteiger partial charge in [-0.15, -0.1) is 0 Å². The molecule has 0 spiro atoms. The summed E-state index contributed by atoms with van der Waals surface area (Å²) in [4.78, 5) is 0. The molecule has 0 amide bonds. The molecule has 18 heavy (non-hydrogen) atoms. The Morgan fingerprint density at radius 3 is 2.17 bits per heavy atom. The largest absolute Gasteiger partial charge is 0.507 e. The molecular formula is C15H18N2O. The molecule has 0 aliphatic rings. The average Bonchev–Trinajstić information content (AvgIpc) is 2.35. The van der Waals surface area contributed by atoms with Gasteiger partial charge in [-0.25, -0.2) is 0 Å². The van der Waals surface area contributed by atoms with E-state index >= 15 is 0 Å². The highest BCUT2D eigenvalue weighted by atomic mass is 16.3. The Morgan fingerprint density at radius 2 is 1.61 bits per heavy atom. The zero-order valence-corrected chi connectivity index (χ0v) is 10.7. The number of nitrogens with two attached hydrogens (primary N) is 1. The molecule has 0 aliphatic heterocycles. The predicted octanol–water partition coefficient (Wildman–Crippen LogP) is 3.20. The van der Waals surface area contributed by atoms with E-state index in [4.69, 9.17) is 5.73 Å². The molecule has 0 unspecified atom stereocenters. The number of hydrogen-bond acceptors (Lipinski definition) is 3. The fourth-order valence-electron chi connectivity index (χ4n) is 1.95. The van der Waals surface area contributed by atoms with Crippen molar-refractivity contribution in [1.29, 1.82) is 0 Å². The number of aryl methyl sites for hydroxylation is 2. The topological polar surface area (TPSA) is 58.3 Å². The summed E-state index contributed by atoms with van der Waals surface area (Å²) in [5.74, 6) is 0.381. The van der Waals surface area contributed by atoms with Crippen LogP contribution >= 0.6 is 0 Å². The normalized spacial score (nSPS) is 10.3. The number of benzene rings is 2. The van der Waals surface area contributed by atoms with Gasteiger partial charge in [0.25, 0.3) is 0 Å². The SMILES string of the molecule is Cc1cc(CNc2ccc(N)cc2)cc(C)c1O. The van der Waals surface area contributed by atoms with Gasteiger partial charge in [0, 0.05) is 17.9 Å². The van der Waals surface area contributed by atoms with E-state index in [0.717, 1.165) is 34.6 Å². The van der Waals surface area contributed by atoms with E-state index in [0.29, 0.717) is 5.75 Å². The molecule has 0 aliphatic carbocycles. The molecule has 0 aromatic heterocycles. The average molecular weight is 242 g/mol. The first kappa shape index (κ1) is 12.3. The molecule has 3 heteroatoms.